The highest BCUT2D eigenvalue weighted by atomic mass is 32.2. The standard InChI is InChI=1S/C51H55N3O6S2/c1-4-6-32-52(42-20-13-9-14-21-42)44-28-24-39(25-29-44)49(40-26-30-45(31-27-40)53(33-7-5-2)43-22-15-10-16-23-43)50-46-37-48(62(58,59)60)38(3)36-47(46)54(34-17-35-61(55,56)57)51(50)41-18-11-8-12-19-41/h8-16,18-31,37-38H,4-7,17,32-36H2,1-3H3,(H-,55,56,57,58,59,60)/p+1. The molecule has 5 aromatic carbocycles. The Kier molecular flexibility index (Phi) is 14.1. The first-order chi connectivity index (χ1) is 29.9. The fourth-order valence-electron chi connectivity index (χ4n) is 8.60. The van der Waals surface area contributed by atoms with Crippen LogP contribution in [0, 0.1) is 11.8 Å². The molecular formula is C51H56N3O6S2+. The van der Waals surface area contributed by atoms with E-state index in [-0.39, 0.29) is 24.3 Å². The minimum Gasteiger partial charge on any atom is -0.341 e. The van der Waals surface area contributed by atoms with E-state index in [2.05, 4.69) is 101 Å². The highest BCUT2D eigenvalue weighted by Gasteiger charge is 2.39. The van der Waals surface area contributed by atoms with E-state index in [1.54, 1.807) is 13.0 Å². The molecule has 6 aromatic rings. The molecule has 7 rings (SSSR count). The predicted octanol–water partition coefficient (Wildman–Crippen LogP) is 11.7. The quantitative estimate of drug-likeness (QED) is 0.0610. The van der Waals surface area contributed by atoms with Crippen LogP contribution < -0.4 is 9.80 Å². The van der Waals surface area contributed by atoms with Crippen molar-refractivity contribution in [3.63, 3.8) is 0 Å². The second-order valence-electron chi connectivity index (χ2n) is 16.0. The van der Waals surface area contributed by atoms with Gasteiger partial charge in [0.25, 0.3) is 20.2 Å². The van der Waals surface area contributed by atoms with Gasteiger partial charge in [-0.05, 0) is 110 Å². The summed E-state index contributed by atoms with van der Waals surface area (Å²) in [5, 5.41) is 0. The molecule has 0 aliphatic heterocycles. The van der Waals surface area contributed by atoms with Gasteiger partial charge in [-0.15, -0.1) is 0 Å². The fourth-order valence-corrected chi connectivity index (χ4v) is 9.95. The minimum atomic E-state index is -4.57. The van der Waals surface area contributed by atoms with Crippen LogP contribution in [-0.2, 0) is 33.2 Å². The molecule has 1 unspecified atom stereocenters. The fraction of sp³-hybridized carbons (Fsp3) is 0.275. The number of unbranched alkanes of at least 4 members (excludes halogenated alkanes) is 2. The Labute approximate surface area is 367 Å². The van der Waals surface area contributed by atoms with Gasteiger partial charge in [-0.3, -0.25) is 9.11 Å². The van der Waals surface area contributed by atoms with Crippen LogP contribution >= 0.6 is 0 Å². The van der Waals surface area contributed by atoms with Crippen molar-refractivity contribution in [3.05, 3.63) is 178 Å². The zero-order valence-electron chi connectivity index (χ0n) is 35.7. The molecule has 0 radical (unpaired) electrons. The summed E-state index contributed by atoms with van der Waals surface area (Å²) in [4.78, 5) is 4.57. The number of rotatable bonds is 19. The summed E-state index contributed by atoms with van der Waals surface area (Å²) < 4.78 is 72.6. The van der Waals surface area contributed by atoms with Gasteiger partial charge < -0.3 is 14.4 Å². The lowest BCUT2D eigenvalue weighted by Gasteiger charge is -2.26. The highest BCUT2D eigenvalue weighted by molar-refractivity contribution is 7.90. The van der Waals surface area contributed by atoms with Gasteiger partial charge >= 0.3 is 0 Å². The average molecular weight is 871 g/mol. The summed E-state index contributed by atoms with van der Waals surface area (Å²) in [5.41, 5.74) is 9.93. The van der Waals surface area contributed by atoms with Crippen molar-refractivity contribution in [2.24, 2.45) is 5.92 Å². The summed E-state index contributed by atoms with van der Waals surface area (Å²) in [7, 11) is -8.83. The Hall–Kier alpha value is -5.59. The van der Waals surface area contributed by atoms with E-state index in [1.807, 2.05) is 66.7 Å². The van der Waals surface area contributed by atoms with Gasteiger partial charge in [-0.1, -0.05) is 88.2 Å². The molecule has 0 spiro atoms. The van der Waals surface area contributed by atoms with Gasteiger partial charge in [0.1, 0.15) is 5.69 Å². The lowest BCUT2D eigenvalue weighted by Crippen LogP contribution is -2.20. The van der Waals surface area contributed by atoms with Gasteiger partial charge in [-0.2, -0.15) is 16.8 Å². The third-order valence-corrected chi connectivity index (χ3v) is 13.5. The summed E-state index contributed by atoms with van der Waals surface area (Å²) in [6.07, 6.45) is 6.12. The molecule has 322 valence electrons. The van der Waals surface area contributed by atoms with Crippen molar-refractivity contribution >= 4 is 49.1 Å². The van der Waals surface area contributed by atoms with Crippen molar-refractivity contribution in [3.8, 4) is 11.3 Å². The van der Waals surface area contributed by atoms with E-state index in [1.165, 1.54) is 0 Å². The third-order valence-electron chi connectivity index (χ3n) is 11.6. The van der Waals surface area contributed by atoms with Gasteiger partial charge in [0.15, 0.2) is 0 Å². The average Bonchev–Trinajstić information content (AvgIpc) is 3.57. The number of anilines is 4. The molecule has 0 fully saturated rings. The zero-order valence-corrected chi connectivity index (χ0v) is 37.3. The number of fused-ring (bicyclic) bond motifs is 1. The number of hydrogen-bond donors (Lipinski definition) is 2. The van der Waals surface area contributed by atoms with E-state index in [9.17, 15) is 25.9 Å². The van der Waals surface area contributed by atoms with E-state index in [4.69, 9.17) is 0 Å². The second-order valence-corrected chi connectivity index (χ2v) is 19.0. The molecule has 1 heterocycles. The molecule has 62 heavy (non-hydrogen) atoms. The summed E-state index contributed by atoms with van der Waals surface area (Å²) in [6.45, 7) is 8.07. The van der Waals surface area contributed by atoms with Gasteiger partial charge in [0.2, 0.25) is 0 Å². The molecule has 1 aliphatic rings. The van der Waals surface area contributed by atoms with Crippen LogP contribution in [0.15, 0.2) is 144 Å². The van der Waals surface area contributed by atoms with Gasteiger partial charge in [0, 0.05) is 48.9 Å². The van der Waals surface area contributed by atoms with Crippen LogP contribution in [0.3, 0.4) is 0 Å². The highest BCUT2D eigenvalue weighted by Crippen LogP contribution is 2.47. The first-order valence-electron chi connectivity index (χ1n) is 21.6. The molecule has 1 aromatic heterocycles. The Morgan fingerprint density at radius 1 is 0.629 bits per heavy atom. The van der Waals surface area contributed by atoms with Crippen LogP contribution in [0.2, 0.25) is 0 Å². The lowest BCUT2D eigenvalue weighted by atomic mass is 9.80. The molecule has 9 nitrogen and oxygen atoms in total. The minimum absolute atomic E-state index is 0.0742. The van der Waals surface area contributed by atoms with E-state index in [0.29, 0.717) is 5.56 Å². The largest absolute Gasteiger partial charge is 0.341 e. The number of nitrogens with zero attached hydrogens (tertiary/aromatic N) is 3. The van der Waals surface area contributed by atoms with Gasteiger partial charge in [-0.25, -0.2) is 0 Å². The van der Waals surface area contributed by atoms with Crippen molar-refractivity contribution in [2.75, 3.05) is 28.6 Å². The van der Waals surface area contributed by atoms with Crippen LogP contribution in [0.5, 0.6) is 0 Å². The SMILES string of the molecule is CCCCN(c1ccccc1)c1ccc([C+](c2ccc(N(CCCC)c3ccccc3)cc2)c2c3c(n(CCCS(=O)(=O)O)c2-c2ccccc2)CC(C)C(S(=O)(=O)O)=C3)cc1. The summed E-state index contributed by atoms with van der Waals surface area (Å²) in [5.74, 6) is -0.131. The van der Waals surface area contributed by atoms with Crippen molar-refractivity contribution in [1.29, 1.82) is 0 Å². The Morgan fingerprint density at radius 2 is 1.08 bits per heavy atom. The lowest BCUT2D eigenvalue weighted by molar-refractivity contribution is 0.474. The van der Waals surface area contributed by atoms with E-state index >= 15 is 0 Å². The maximum atomic E-state index is 13.0. The predicted molar refractivity (Wildman–Crippen MR) is 253 cm³/mol. The number of benzene rings is 5. The van der Waals surface area contributed by atoms with Crippen LogP contribution in [0.1, 0.15) is 80.8 Å². The maximum absolute atomic E-state index is 13.0. The first kappa shape index (κ1) is 44.5. The van der Waals surface area contributed by atoms with Crippen molar-refractivity contribution in [2.45, 2.75) is 65.8 Å². The van der Waals surface area contributed by atoms with E-state index in [0.717, 1.165) is 101 Å². The Balaban J connectivity index is 1.48. The number of allylic oxidation sites excluding steroid dienone is 1. The topological polar surface area (TPSA) is 120 Å². The monoisotopic (exact) mass is 870 g/mol. The van der Waals surface area contributed by atoms with Gasteiger partial charge in [0.05, 0.1) is 55.9 Å². The van der Waals surface area contributed by atoms with E-state index < -0.39 is 31.9 Å². The molecule has 0 amide bonds. The summed E-state index contributed by atoms with van der Waals surface area (Å²) in [6, 6.07) is 47.5. The molecule has 1 atom stereocenters. The summed E-state index contributed by atoms with van der Waals surface area (Å²) >= 11 is 0. The van der Waals surface area contributed by atoms with Crippen molar-refractivity contribution < 1.29 is 25.9 Å². The number of aromatic nitrogens is 1. The van der Waals surface area contributed by atoms with Crippen LogP contribution in [0.4, 0.5) is 22.7 Å². The Morgan fingerprint density at radius 3 is 1.52 bits per heavy atom. The molecule has 11 heteroatoms. The molecular weight excluding hydrogens is 815 g/mol. The maximum Gasteiger partial charge on any atom is 0.291 e. The number of hydrogen-bond acceptors (Lipinski definition) is 6. The normalized spacial score (nSPS) is 14.0. The zero-order chi connectivity index (χ0) is 43.9. The Bertz CT molecular complexity index is 2570. The molecule has 0 saturated heterocycles. The van der Waals surface area contributed by atoms with Crippen LogP contribution in [-0.4, -0.2) is 49.4 Å². The molecule has 2 N–H and O–H groups in total. The molecule has 1 aliphatic carbocycles. The molecule has 0 bridgehead atoms. The number of para-hydroxylation sites is 2. The van der Waals surface area contributed by atoms with Crippen LogP contribution in [0.25, 0.3) is 17.3 Å². The first-order valence-corrected chi connectivity index (χ1v) is 24.6. The third kappa shape index (κ3) is 10.2. The smallest absolute Gasteiger partial charge is 0.291 e. The second kappa shape index (κ2) is 19.6. The molecule has 0 saturated carbocycles. The van der Waals surface area contributed by atoms with Crippen molar-refractivity contribution in [1.82, 2.24) is 4.57 Å².